The van der Waals surface area contributed by atoms with Crippen molar-refractivity contribution < 1.29 is 28.7 Å². The highest BCUT2D eigenvalue weighted by Crippen LogP contribution is 2.42. The fourth-order valence-corrected chi connectivity index (χ4v) is 3.69. The van der Waals surface area contributed by atoms with Gasteiger partial charge in [0.2, 0.25) is 0 Å². The zero-order chi connectivity index (χ0) is 19.7. The number of aromatic nitrogens is 1. The van der Waals surface area contributed by atoms with Crippen molar-refractivity contribution in [1.82, 2.24) is 10.1 Å². The third-order valence-electron chi connectivity index (χ3n) is 5.00. The van der Waals surface area contributed by atoms with E-state index in [9.17, 15) is 14.7 Å². The number of aliphatic carboxylic acids is 1. The normalized spacial score (nSPS) is 19.2. The van der Waals surface area contributed by atoms with Crippen LogP contribution in [0.1, 0.15) is 33.3 Å². The Morgan fingerprint density at radius 1 is 1.22 bits per heavy atom. The van der Waals surface area contributed by atoms with Crippen LogP contribution in [0.3, 0.4) is 0 Å². The maximum absolute atomic E-state index is 12.9. The van der Waals surface area contributed by atoms with E-state index < -0.39 is 17.8 Å². The number of benzene rings is 1. The second-order valence-corrected chi connectivity index (χ2v) is 6.54. The molecule has 1 saturated heterocycles. The van der Waals surface area contributed by atoms with Crippen LogP contribution in [0.4, 0.5) is 0 Å². The Balaban J connectivity index is 1.97. The van der Waals surface area contributed by atoms with Crippen molar-refractivity contribution in [2.75, 3.05) is 27.3 Å². The smallest absolute Gasteiger partial charge is 0.308 e. The number of ether oxygens (including phenoxy) is 2. The first-order chi connectivity index (χ1) is 12.9. The summed E-state index contributed by atoms with van der Waals surface area (Å²) in [5, 5.41) is 13.5. The number of carboxylic acid groups (broad SMARTS) is 1. The van der Waals surface area contributed by atoms with Gasteiger partial charge in [-0.05, 0) is 19.9 Å². The lowest BCUT2D eigenvalue weighted by Crippen LogP contribution is -2.30. The van der Waals surface area contributed by atoms with Crippen LogP contribution in [-0.2, 0) is 4.79 Å². The average Bonchev–Trinajstić information content (AvgIpc) is 3.24. The molecule has 1 N–H and O–H groups in total. The van der Waals surface area contributed by atoms with Gasteiger partial charge in [0.25, 0.3) is 5.91 Å². The fourth-order valence-electron chi connectivity index (χ4n) is 3.69. The van der Waals surface area contributed by atoms with Gasteiger partial charge in [0.15, 0.2) is 11.5 Å². The number of aryl methyl sites for hydroxylation is 2. The quantitative estimate of drug-likeness (QED) is 0.856. The molecule has 0 saturated carbocycles. The van der Waals surface area contributed by atoms with E-state index >= 15 is 0 Å². The van der Waals surface area contributed by atoms with Gasteiger partial charge in [0.1, 0.15) is 11.3 Å². The van der Waals surface area contributed by atoms with Crippen LogP contribution in [0.2, 0.25) is 0 Å². The van der Waals surface area contributed by atoms with Gasteiger partial charge >= 0.3 is 5.97 Å². The molecule has 0 unspecified atom stereocenters. The molecule has 2 heterocycles. The molecular formula is C19H22N2O6. The molecule has 0 bridgehead atoms. The molecule has 0 radical (unpaired) electrons. The Morgan fingerprint density at radius 3 is 2.52 bits per heavy atom. The van der Waals surface area contributed by atoms with Crippen molar-refractivity contribution in [2.45, 2.75) is 19.8 Å². The maximum atomic E-state index is 12.9. The monoisotopic (exact) mass is 374 g/mol. The molecule has 8 heteroatoms. The third-order valence-corrected chi connectivity index (χ3v) is 5.00. The van der Waals surface area contributed by atoms with Gasteiger partial charge < -0.3 is 24.0 Å². The number of likely N-dealkylation sites (tertiary alicyclic amines) is 1. The van der Waals surface area contributed by atoms with Crippen LogP contribution in [-0.4, -0.2) is 54.3 Å². The predicted octanol–water partition coefficient (Wildman–Crippen LogP) is 2.25. The molecule has 8 nitrogen and oxygen atoms in total. The number of carbonyl (C=O) groups excluding carboxylic acids is 1. The molecule has 27 heavy (non-hydrogen) atoms. The standard InChI is InChI=1S/C19H22N2O6/c1-10-16(11(2)27-20-10)18(22)21-8-13(14(9-21)19(23)24)12-6-5-7-15(25-3)17(12)26-4/h5-7,13-14H,8-9H2,1-4H3,(H,23,24)/t13-,14+/m1/s1. The molecular weight excluding hydrogens is 352 g/mol. The number of nitrogens with zero attached hydrogens (tertiary/aromatic N) is 2. The maximum Gasteiger partial charge on any atom is 0.308 e. The highest BCUT2D eigenvalue weighted by atomic mass is 16.5. The topological polar surface area (TPSA) is 102 Å². The minimum atomic E-state index is -0.959. The molecule has 1 amide bonds. The SMILES string of the molecule is COc1cccc([C@H]2CN(C(=O)c3c(C)noc3C)C[C@@H]2C(=O)O)c1OC. The minimum absolute atomic E-state index is 0.100. The molecule has 0 spiro atoms. The zero-order valence-corrected chi connectivity index (χ0v) is 15.7. The summed E-state index contributed by atoms with van der Waals surface area (Å²) in [7, 11) is 3.04. The number of hydrogen-bond acceptors (Lipinski definition) is 6. The highest BCUT2D eigenvalue weighted by Gasteiger charge is 2.43. The van der Waals surface area contributed by atoms with Crippen molar-refractivity contribution in [3.05, 3.63) is 40.8 Å². The Kier molecular flexibility index (Phi) is 5.07. The van der Waals surface area contributed by atoms with E-state index in [4.69, 9.17) is 14.0 Å². The second kappa shape index (κ2) is 7.30. The first kappa shape index (κ1) is 18.8. The Hall–Kier alpha value is -3.03. The van der Waals surface area contributed by atoms with Crippen molar-refractivity contribution in [3.8, 4) is 11.5 Å². The molecule has 1 aliphatic rings. The van der Waals surface area contributed by atoms with Crippen molar-refractivity contribution in [2.24, 2.45) is 5.92 Å². The number of rotatable bonds is 5. The molecule has 1 fully saturated rings. The van der Waals surface area contributed by atoms with E-state index in [-0.39, 0.29) is 19.0 Å². The summed E-state index contributed by atoms with van der Waals surface area (Å²) in [5.74, 6) is -0.975. The Bertz CT molecular complexity index is 856. The van der Waals surface area contributed by atoms with Crippen LogP contribution in [0.15, 0.2) is 22.7 Å². The average molecular weight is 374 g/mol. The van der Waals surface area contributed by atoms with Gasteiger partial charge in [0.05, 0.1) is 25.8 Å². The van der Waals surface area contributed by atoms with E-state index in [2.05, 4.69) is 5.16 Å². The lowest BCUT2D eigenvalue weighted by atomic mass is 9.88. The summed E-state index contributed by atoms with van der Waals surface area (Å²) >= 11 is 0. The Labute approximate surface area is 156 Å². The summed E-state index contributed by atoms with van der Waals surface area (Å²) in [5.41, 5.74) is 1.59. The van der Waals surface area contributed by atoms with Crippen molar-refractivity contribution in [1.29, 1.82) is 0 Å². The van der Waals surface area contributed by atoms with Gasteiger partial charge in [0, 0.05) is 24.6 Å². The number of carbonyl (C=O) groups is 2. The zero-order valence-electron chi connectivity index (χ0n) is 15.7. The number of para-hydroxylation sites is 1. The van der Waals surface area contributed by atoms with Gasteiger partial charge in [-0.25, -0.2) is 0 Å². The highest BCUT2D eigenvalue weighted by molar-refractivity contribution is 5.96. The molecule has 1 aliphatic heterocycles. The summed E-state index contributed by atoms with van der Waals surface area (Å²) in [4.78, 5) is 26.4. The van der Waals surface area contributed by atoms with E-state index in [1.807, 2.05) is 6.07 Å². The summed E-state index contributed by atoms with van der Waals surface area (Å²) in [6, 6.07) is 5.35. The van der Waals surface area contributed by atoms with Crippen molar-refractivity contribution >= 4 is 11.9 Å². The number of carboxylic acids is 1. The van der Waals surface area contributed by atoms with Crippen molar-refractivity contribution in [3.63, 3.8) is 0 Å². The summed E-state index contributed by atoms with van der Waals surface area (Å²) in [6.07, 6.45) is 0. The molecule has 1 aromatic heterocycles. The van der Waals surface area contributed by atoms with Crippen LogP contribution in [0, 0.1) is 19.8 Å². The molecule has 144 valence electrons. The van der Waals surface area contributed by atoms with Crippen LogP contribution < -0.4 is 9.47 Å². The first-order valence-corrected chi connectivity index (χ1v) is 8.54. The van der Waals surface area contributed by atoms with E-state index in [0.717, 1.165) is 0 Å². The van der Waals surface area contributed by atoms with E-state index in [0.29, 0.717) is 34.1 Å². The van der Waals surface area contributed by atoms with Crippen LogP contribution >= 0.6 is 0 Å². The van der Waals surface area contributed by atoms with Gasteiger partial charge in [-0.2, -0.15) is 0 Å². The number of methoxy groups -OCH3 is 2. The van der Waals surface area contributed by atoms with E-state index in [1.54, 1.807) is 26.0 Å². The molecule has 3 rings (SSSR count). The molecule has 0 aliphatic carbocycles. The summed E-state index contributed by atoms with van der Waals surface area (Å²) in [6.45, 7) is 3.71. The second-order valence-electron chi connectivity index (χ2n) is 6.54. The predicted molar refractivity (Wildman–Crippen MR) is 95.3 cm³/mol. The van der Waals surface area contributed by atoms with Crippen LogP contribution in [0.25, 0.3) is 0 Å². The van der Waals surface area contributed by atoms with Gasteiger partial charge in [-0.3, -0.25) is 9.59 Å². The molecule has 1 aromatic carbocycles. The number of amides is 1. The largest absolute Gasteiger partial charge is 0.493 e. The molecule has 2 atom stereocenters. The van der Waals surface area contributed by atoms with Gasteiger partial charge in [-0.15, -0.1) is 0 Å². The lowest BCUT2D eigenvalue weighted by Gasteiger charge is -2.20. The fraction of sp³-hybridized carbons (Fsp3) is 0.421. The Morgan fingerprint density at radius 2 is 1.96 bits per heavy atom. The molecule has 2 aromatic rings. The van der Waals surface area contributed by atoms with Crippen LogP contribution in [0.5, 0.6) is 11.5 Å². The van der Waals surface area contributed by atoms with Gasteiger partial charge in [-0.1, -0.05) is 17.3 Å². The third kappa shape index (κ3) is 3.22. The van der Waals surface area contributed by atoms with E-state index in [1.165, 1.54) is 19.1 Å². The lowest BCUT2D eigenvalue weighted by molar-refractivity contribution is -0.141. The number of hydrogen-bond donors (Lipinski definition) is 1. The minimum Gasteiger partial charge on any atom is -0.493 e. The summed E-state index contributed by atoms with van der Waals surface area (Å²) < 4.78 is 15.9. The first-order valence-electron chi connectivity index (χ1n) is 8.54.